The zero-order chi connectivity index (χ0) is 28.3. The number of nitrogens with two attached hydrogens (primary N) is 2. The fraction of sp³-hybridized carbons (Fsp3) is 0.516. The van der Waals surface area contributed by atoms with E-state index in [0.717, 1.165) is 74.5 Å². The van der Waals surface area contributed by atoms with Crippen molar-refractivity contribution in [3.8, 4) is 5.75 Å². The predicted molar refractivity (Wildman–Crippen MR) is 161 cm³/mol. The van der Waals surface area contributed by atoms with Gasteiger partial charge >= 0.3 is 0 Å². The fourth-order valence-electron chi connectivity index (χ4n) is 6.77. The van der Waals surface area contributed by atoms with Crippen LogP contribution in [-0.4, -0.2) is 48.8 Å². The molecule has 2 aromatic carbocycles. The lowest BCUT2D eigenvalue weighted by Crippen LogP contribution is -2.49. The molecule has 1 fully saturated rings. The number of halogens is 1. The van der Waals surface area contributed by atoms with Crippen molar-refractivity contribution in [2.75, 3.05) is 37.5 Å². The third kappa shape index (κ3) is 6.25. The molecule has 2 aromatic rings. The maximum absolute atomic E-state index is 12.1. The van der Waals surface area contributed by atoms with Gasteiger partial charge in [0.15, 0.2) is 0 Å². The van der Waals surface area contributed by atoms with E-state index < -0.39 is 16.9 Å². The molecule has 9 heteroatoms. The minimum atomic E-state index is -1.25. The Balaban J connectivity index is 1.41. The molecular formula is C31H40ClN3O4S. The summed E-state index contributed by atoms with van der Waals surface area (Å²) in [6.45, 7) is 2.21. The van der Waals surface area contributed by atoms with Gasteiger partial charge in [-0.15, -0.1) is 0 Å². The second-order valence-electron chi connectivity index (χ2n) is 11.5. The van der Waals surface area contributed by atoms with Crippen molar-refractivity contribution in [1.29, 1.82) is 0 Å². The van der Waals surface area contributed by atoms with E-state index in [2.05, 4.69) is 29.2 Å². The number of hydrogen-bond acceptors (Lipinski definition) is 5. The molecule has 1 aliphatic heterocycles. The van der Waals surface area contributed by atoms with Crippen molar-refractivity contribution in [3.05, 3.63) is 70.3 Å². The van der Waals surface area contributed by atoms with E-state index in [4.69, 9.17) is 31.9 Å². The van der Waals surface area contributed by atoms with Crippen LogP contribution in [-0.2, 0) is 27.6 Å². The molecule has 0 bridgehead atoms. The van der Waals surface area contributed by atoms with Crippen molar-refractivity contribution < 1.29 is 18.5 Å². The molecule has 40 heavy (non-hydrogen) atoms. The number of carbonyl (C=O) groups is 1. The standard InChI is InChI=1S/C31H40ClN3O4S/c1-38-28(7-3-2-4-15-40(34)37)25-11-8-23(25)18-35-19-31(14-5-6-21-16-24(32)10-12-26(21)31)20-39-29-13-9-22(30(33)36)17-27(29)35/h3,7,9-10,12-13,16-17,23,25,28H,2,4-6,8,11,14-15,18-20,34H2,1H3,(H2,33,36)/b7-3+/t23-,25+,28-,31-,40-/m0/s1. The molecular weight excluding hydrogens is 546 g/mol. The first kappa shape index (κ1) is 29.1. The smallest absolute Gasteiger partial charge is 0.248 e. The zero-order valence-corrected chi connectivity index (χ0v) is 24.7. The summed E-state index contributed by atoms with van der Waals surface area (Å²) in [4.78, 5) is 14.6. The molecule has 216 valence electrons. The molecule has 0 unspecified atom stereocenters. The number of allylic oxidation sites excluding steroid dienone is 1. The minimum Gasteiger partial charge on any atom is -0.490 e. The second-order valence-corrected chi connectivity index (χ2v) is 13.1. The molecule has 1 heterocycles. The molecule has 2 aliphatic carbocycles. The van der Waals surface area contributed by atoms with E-state index in [9.17, 15) is 9.00 Å². The Kier molecular flexibility index (Phi) is 9.20. The zero-order valence-electron chi connectivity index (χ0n) is 23.2. The lowest BCUT2D eigenvalue weighted by Gasteiger charge is -2.46. The van der Waals surface area contributed by atoms with Gasteiger partial charge in [-0.2, -0.15) is 0 Å². The van der Waals surface area contributed by atoms with Crippen LogP contribution in [0.5, 0.6) is 5.75 Å². The van der Waals surface area contributed by atoms with Crippen LogP contribution in [0.2, 0.25) is 5.02 Å². The number of carbonyl (C=O) groups excluding carboxylic acids is 1. The largest absolute Gasteiger partial charge is 0.490 e. The van der Waals surface area contributed by atoms with Gasteiger partial charge in [0.05, 0.1) is 29.4 Å². The normalized spacial score (nSPS) is 25.4. The summed E-state index contributed by atoms with van der Waals surface area (Å²) in [5.41, 5.74) is 9.55. The molecule has 0 radical (unpaired) electrons. The molecule has 0 saturated heterocycles. The van der Waals surface area contributed by atoms with Crippen LogP contribution < -0.4 is 20.5 Å². The number of rotatable bonds is 10. The SMILES string of the molecule is CO[C@@H](/C=C/CCC[S@@](N)=O)[C@@H]1CC[C@H]1CN1C[C@@]2(CCCc3cc(Cl)ccc32)COc2ccc(C(N)=O)cc21. The van der Waals surface area contributed by atoms with Crippen molar-refractivity contribution in [1.82, 2.24) is 0 Å². The van der Waals surface area contributed by atoms with Crippen LogP contribution in [0.3, 0.4) is 0 Å². The molecule has 0 aromatic heterocycles. The quantitative estimate of drug-likeness (QED) is 0.304. The fourth-order valence-corrected chi connectivity index (χ4v) is 7.42. The van der Waals surface area contributed by atoms with E-state index in [1.165, 1.54) is 11.1 Å². The number of primary amides is 1. The summed E-state index contributed by atoms with van der Waals surface area (Å²) in [7, 11) is 0.519. The second kappa shape index (κ2) is 12.6. The highest BCUT2D eigenvalue weighted by Gasteiger charge is 2.44. The van der Waals surface area contributed by atoms with Crippen molar-refractivity contribution in [3.63, 3.8) is 0 Å². The van der Waals surface area contributed by atoms with Crippen molar-refractivity contribution >= 4 is 34.2 Å². The van der Waals surface area contributed by atoms with Crippen LogP contribution in [0.1, 0.15) is 60.0 Å². The summed E-state index contributed by atoms with van der Waals surface area (Å²) in [5.74, 6) is 1.68. The Bertz CT molecular complexity index is 1290. The van der Waals surface area contributed by atoms with Gasteiger partial charge < -0.3 is 20.1 Å². The molecule has 5 rings (SSSR count). The number of unbranched alkanes of at least 4 members (excludes halogenated alkanes) is 1. The maximum Gasteiger partial charge on any atom is 0.248 e. The van der Waals surface area contributed by atoms with Gasteiger partial charge in [0.1, 0.15) is 5.75 Å². The summed E-state index contributed by atoms with van der Waals surface area (Å²) < 4.78 is 23.6. The first-order chi connectivity index (χ1) is 19.3. The molecule has 3 aliphatic rings. The van der Waals surface area contributed by atoms with E-state index in [1.807, 2.05) is 18.2 Å². The van der Waals surface area contributed by atoms with Crippen molar-refractivity contribution in [2.24, 2.45) is 22.7 Å². The number of amides is 1. The predicted octanol–water partition coefficient (Wildman–Crippen LogP) is 4.91. The van der Waals surface area contributed by atoms with E-state index >= 15 is 0 Å². The number of nitrogens with zero attached hydrogens (tertiary/aromatic N) is 1. The lowest BCUT2D eigenvalue weighted by atomic mass is 9.68. The lowest BCUT2D eigenvalue weighted by molar-refractivity contribution is 0.0132. The Morgan fingerprint density at radius 2 is 2.15 bits per heavy atom. The molecule has 1 amide bonds. The van der Waals surface area contributed by atoms with Crippen molar-refractivity contribution in [2.45, 2.75) is 56.5 Å². The average molecular weight is 586 g/mol. The molecule has 7 nitrogen and oxygen atoms in total. The average Bonchev–Trinajstić information content (AvgIpc) is 3.06. The van der Waals surface area contributed by atoms with Gasteiger partial charge in [-0.1, -0.05) is 29.8 Å². The van der Waals surface area contributed by atoms with E-state index in [0.29, 0.717) is 29.8 Å². The first-order valence-electron chi connectivity index (χ1n) is 14.2. The molecule has 5 atom stereocenters. The third-order valence-electron chi connectivity index (χ3n) is 8.99. The van der Waals surface area contributed by atoms with Gasteiger partial charge in [-0.05, 0) is 98.2 Å². The topological polar surface area (TPSA) is 108 Å². The number of fused-ring (bicyclic) bond motifs is 3. The summed E-state index contributed by atoms with van der Waals surface area (Å²) >= 11 is 6.39. The molecule has 1 saturated carbocycles. The minimum absolute atomic E-state index is 0.0216. The summed E-state index contributed by atoms with van der Waals surface area (Å²) in [6, 6.07) is 11.8. The molecule has 4 N–H and O–H groups in total. The summed E-state index contributed by atoms with van der Waals surface area (Å²) in [5, 5.41) is 6.15. The Labute approximate surface area is 244 Å². The summed E-state index contributed by atoms with van der Waals surface area (Å²) in [6.07, 6.45) is 11.3. The van der Waals surface area contributed by atoms with Gasteiger partial charge in [0.25, 0.3) is 0 Å². The van der Waals surface area contributed by atoms with E-state index in [1.54, 1.807) is 13.2 Å². The highest BCUT2D eigenvalue weighted by molar-refractivity contribution is 7.82. The Morgan fingerprint density at radius 1 is 1.30 bits per heavy atom. The van der Waals surface area contributed by atoms with E-state index in [-0.39, 0.29) is 11.5 Å². The van der Waals surface area contributed by atoms with Crippen LogP contribution in [0.15, 0.2) is 48.6 Å². The number of ether oxygens (including phenoxy) is 2. The number of methoxy groups -OCH3 is 1. The monoisotopic (exact) mass is 585 g/mol. The Hall–Kier alpha value is -2.39. The van der Waals surface area contributed by atoms with Gasteiger partial charge in [0, 0.05) is 42.0 Å². The van der Waals surface area contributed by atoms with Crippen LogP contribution >= 0.6 is 11.6 Å². The van der Waals surface area contributed by atoms with Gasteiger partial charge in [-0.3, -0.25) is 9.93 Å². The van der Waals surface area contributed by atoms with Crippen LogP contribution in [0.25, 0.3) is 0 Å². The number of anilines is 1. The third-order valence-corrected chi connectivity index (χ3v) is 9.92. The highest BCUT2D eigenvalue weighted by atomic mass is 35.5. The first-order valence-corrected chi connectivity index (χ1v) is 16.0. The molecule has 1 spiro atoms. The van der Waals surface area contributed by atoms with Gasteiger partial charge in [0.2, 0.25) is 5.91 Å². The maximum atomic E-state index is 12.1. The van der Waals surface area contributed by atoms with Crippen LogP contribution in [0, 0.1) is 11.8 Å². The number of hydrogen-bond donors (Lipinski definition) is 2. The number of benzene rings is 2. The highest BCUT2D eigenvalue weighted by Crippen LogP contribution is 2.46. The number of aryl methyl sites for hydroxylation is 1. The van der Waals surface area contributed by atoms with Gasteiger partial charge in [-0.25, -0.2) is 4.21 Å². The Morgan fingerprint density at radius 3 is 2.88 bits per heavy atom. The van der Waals surface area contributed by atoms with Crippen LogP contribution in [0.4, 0.5) is 5.69 Å².